The number of amidine groups is 1. The molecule has 0 saturated carbocycles. The maximum absolute atomic E-state index is 8.72. The van der Waals surface area contributed by atoms with Gasteiger partial charge in [0.15, 0.2) is 5.84 Å². The highest BCUT2D eigenvalue weighted by atomic mass is 16.5. The van der Waals surface area contributed by atoms with Gasteiger partial charge in [0.1, 0.15) is 11.9 Å². The molecule has 1 atom stereocenters. The van der Waals surface area contributed by atoms with Gasteiger partial charge in [0.2, 0.25) is 0 Å². The Hall–Kier alpha value is -2.41. The zero-order valence-corrected chi connectivity index (χ0v) is 10.8. The average Bonchev–Trinajstić information content (AvgIpc) is 2.53. The van der Waals surface area contributed by atoms with Gasteiger partial charge < -0.3 is 20.6 Å². The Morgan fingerprint density at radius 2 is 2.20 bits per heavy atom. The average molecular weight is 273 g/mol. The van der Waals surface area contributed by atoms with Gasteiger partial charge in [0, 0.05) is 6.54 Å². The number of fused-ring (bicyclic) bond motifs is 1. The van der Waals surface area contributed by atoms with E-state index < -0.39 is 6.10 Å². The second kappa shape index (κ2) is 5.30. The van der Waals surface area contributed by atoms with Crippen molar-refractivity contribution < 1.29 is 9.94 Å². The molecule has 1 aromatic heterocycles. The van der Waals surface area contributed by atoms with Crippen molar-refractivity contribution in [2.45, 2.75) is 6.10 Å². The summed E-state index contributed by atoms with van der Waals surface area (Å²) in [4.78, 5) is 11.0. The third-order valence-electron chi connectivity index (χ3n) is 3.27. The van der Waals surface area contributed by atoms with Crippen LogP contribution < -0.4 is 10.6 Å². The van der Waals surface area contributed by atoms with Gasteiger partial charge in [-0.15, -0.1) is 0 Å². The molecular formula is C13H15N5O2. The lowest BCUT2D eigenvalue weighted by molar-refractivity contribution is 0.0804. The Morgan fingerprint density at radius 1 is 1.40 bits per heavy atom. The molecule has 3 rings (SSSR count). The van der Waals surface area contributed by atoms with Crippen molar-refractivity contribution in [2.75, 3.05) is 24.6 Å². The van der Waals surface area contributed by atoms with Crippen LogP contribution in [0.15, 0.2) is 35.6 Å². The minimum absolute atomic E-state index is 0.0726. The summed E-state index contributed by atoms with van der Waals surface area (Å²) in [6.07, 6.45) is 1.30. The number of para-hydroxylation sites is 2. The fourth-order valence-electron chi connectivity index (χ4n) is 2.20. The fraction of sp³-hybridized carbons (Fsp3) is 0.308. The normalized spacial score (nSPS) is 20.3. The SMILES string of the molecule is NC(=NO)C1CN(c2cnc3ccccc3n2)CCO1. The van der Waals surface area contributed by atoms with E-state index in [1.54, 1.807) is 6.20 Å². The Morgan fingerprint density at radius 3 is 3.00 bits per heavy atom. The van der Waals surface area contributed by atoms with Crippen LogP contribution in [0.4, 0.5) is 5.82 Å². The van der Waals surface area contributed by atoms with Crippen LogP contribution in [0.2, 0.25) is 0 Å². The number of morpholine rings is 1. The van der Waals surface area contributed by atoms with Crippen molar-refractivity contribution in [1.82, 2.24) is 9.97 Å². The summed E-state index contributed by atoms with van der Waals surface area (Å²) in [5.74, 6) is 0.839. The van der Waals surface area contributed by atoms with Gasteiger partial charge in [0.05, 0.1) is 30.4 Å². The van der Waals surface area contributed by atoms with E-state index in [1.807, 2.05) is 29.2 Å². The number of nitrogens with two attached hydrogens (primary N) is 1. The minimum Gasteiger partial charge on any atom is -0.409 e. The highest BCUT2D eigenvalue weighted by Gasteiger charge is 2.25. The summed E-state index contributed by atoms with van der Waals surface area (Å²) >= 11 is 0. The van der Waals surface area contributed by atoms with Crippen LogP contribution in [-0.2, 0) is 4.74 Å². The number of anilines is 1. The molecular weight excluding hydrogens is 258 g/mol. The number of ether oxygens (including phenoxy) is 1. The summed E-state index contributed by atoms with van der Waals surface area (Å²) in [6, 6.07) is 7.71. The van der Waals surface area contributed by atoms with Gasteiger partial charge in [-0.1, -0.05) is 17.3 Å². The maximum atomic E-state index is 8.72. The molecule has 0 aliphatic carbocycles. The molecule has 0 bridgehead atoms. The largest absolute Gasteiger partial charge is 0.409 e. The number of rotatable bonds is 2. The number of oxime groups is 1. The van der Waals surface area contributed by atoms with E-state index in [1.165, 1.54) is 0 Å². The van der Waals surface area contributed by atoms with Gasteiger partial charge >= 0.3 is 0 Å². The first-order valence-electron chi connectivity index (χ1n) is 6.33. The first kappa shape index (κ1) is 12.6. The fourth-order valence-corrected chi connectivity index (χ4v) is 2.20. The number of hydrogen-bond donors (Lipinski definition) is 2. The van der Waals surface area contributed by atoms with Gasteiger partial charge in [-0.25, -0.2) is 4.98 Å². The smallest absolute Gasteiger partial charge is 0.170 e. The molecule has 7 heteroatoms. The standard InChI is InChI=1S/C13H15N5O2/c14-13(17-19)11-8-18(5-6-20-11)12-7-15-9-3-1-2-4-10(9)16-12/h1-4,7,11,19H,5-6,8H2,(H2,14,17). The van der Waals surface area contributed by atoms with Gasteiger partial charge in [0.25, 0.3) is 0 Å². The maximum Gasteiger partial charge on any atom is 0.170 e. The summed E-state index contributed by atoms with van der Waals surface area (Å²) in [6.45, 7) is 1.68. The van der Waals surface area contributed by atoms with Crippen LogP contribution in [0.3, 0.4) is 0 Å². The number of benzene rings is 1. The van der Waals surface area contributed by atoms with E-state index in [2.05, 4.69) is 15.1 Å². The number of nitrogens with zero attached hydrogens (tertiary/aromatic N) is 4. The second-order valence-electron chi connectivity index (χ2n) is 4.55. The van der Waals surface area contributed by atoms with Crippen LogP contribution in [0.5, 0.6) is 0 Å². The van der Waals surface area contributed by atoms with Crippen LogP contribution in [-0.4, -0.2) is 46.8 Å². The quantitative estimate of drug-likeness (QED) is 0.359. The van der Waals surface area contributed by atoms with Gasteiger partial charge in [-0.2, -0.15) is 0 Å². The third-order valence-corrected chi connectivity index (χ3v) is 3.27. The molecule has 20 heavy (non-hydrogen) atoms. The van der Waals surface area contributed by atoms with E-state index in [9.17, 15) is 0 Å². The predicted molar refractivity (Wildman–Crippen MR) is 74.9 cm³/mol. The van der Waals surface area contributed by atoms with Gasteiger partial charge in [-0.05, 0) is 12.1 Å². The zero-order chi connectivity index (χ0) is 13.9. The van der Waals surface area contributed by atoms with Crippen molar-refractivity contribution in [3.05, 3.63) is 30.5 Å². The molecule has 1 aliphatic heterocycles. The lowest BCUT2D eigenvalue weighted by Gasteiger charge is -2.32. The highest BCUT2D eigenvalue weighted by Crippen LogP contribution is 2.18. The predicted octanol–water partition coefficient (Wildman–Crippen LogP) is 0.581. The van der Waals surface area contributed by atoms with Crippen LogP contribution in [0.25, 0.3) is 11.0 Å². The third kappa shape index (κ3) is 2.35. The van der Waals surface area contributed by atoms with Gasteiger partial charge in [-0.3, -0.25) is 4.98 Å². The summed E-state index contributed by atoms with van der Waals surface area (Å²) < 4.78 is 5.46. The highest BCUT2D eigenvalue weighted by molar-refractivity contribution is 5.85. The van der Waals surface area contributed by atoms with Crippen molar-refractivity contribution >= 4 is 22.7 Å². The second-order valence-corrected chi connectivity index (χ2v) is 4.55. The van der Waals surface area contributed by atoms with Crippen LogP contribution in [0, 0.1) is 0 Å². The zero-order valence-electron chi connectivity index (χ0n) is 10.8. The molecule has 2 aromatic rings. The van der Waals surface area contributed by atoms with E-state index in [-0.39, 0.29) is 5.84 Å². The number of aromatic nitrogens is 2. The van der Waals surface area contributed by atoms with Crippen LogP contribution in [0.1, 0.15) is 0 Å². The van der Waals surface area contributed by atoms with Crippen molar-refractivity contribution in [3.8, 4) is 0 Å². The monoisotopic (exact) mass is 273 g/mol. The molecule has 1 aromatic carbocycles. The molecule has 2 heterocycles. The first-order chi connectivity index (χ1) is 9.78. The van der Waals surface area contributed by atoms with Crippen molar-refractivity contribution in [1.29, 1.82) is 0 Å². The topological polar surface area (TPSA) is 96.9 Å². The molecule has 0 amide bonds. The summed E-state index contributed by atoms with van der Waals surface area (Å²) in [5, 5.41) is 11.7. The summed E-state index contributed by atoms with van der Waals surface area (Å²) in [5.41, 5.74) is 7.29. The Balaban J connectivity index is 1.86. The van der Waals surface area contributed by atoms with Crippen LogP contribution >= 0.6 is 0 Å². The summed E-state index contributed by atoms with van der Waals surface area (Å²) in [7, 11) is 0. The molecule has 0 spiro atoms. The number of hydrogen-bond acceptors (Lipinski definition) is 6. The Kier molecular flexibility index (Phi) is 3.34. The molecule has 7 nitrogen and oxygen atoms in total. The van der Waals surface area contributed by atoms with Crippen molar-refractivity contribution in [3.63, 3.8) is 0 Å². The van der Waals surface area contributed by atoms with E-state index in [4.69, 9.17) is 15.7 Å². The van der Waals surface area contributed by atoms with E-state index in [0.29, 0.717) is 19.7 Å². The van der Waals surface area contributed by atoms with E-state index >= 15 is 0 Å². The molecule has 3 N–H and O–H groups in total. The molecule has 104 valence electrons. The lowest BCUT2D eigenvalue weighted by atomic mass is 10.2. The molecule has 1 unspecified atom stereocenters. The lowest BCUT2D eigenvalue weighted by Crippen LogP contribution is -2.48. The van der Waals surface area contributed by atoms with E-state index in [0.717, 1.165) is 16.9 Å². The first-order valence-corrected chi connectivity index (χ1v) is 6.33. The van der Waals surface area contributed by atoms with Crippen molar-refractivity contribution in [2.24, 2.45) is 10.9 Å². The molecule has 0 radical (unpaired) electrons. The Labute approximate surface area is 115 Å². The molecule has 1 aliphatic rings. The minimum atomic E-state index is -0.429. The molecule has 1 saturated heterocycles. The Bertz CT molecular complexity index is 645. The molecule has 1 fully saturated rings.